The number of nitrogens with one attached hydrogen (secondary N) is 4. The first-order valence-electron chi connectivity index (χ1n) is 15.1. The molecule has 1 aromatic heterocycles. The number of hydrogen-bond donors (Lipinski definition) is 6. The van der Waals surface area contributed by atoms with Gasteiger partial charge < -0.3 is 36.7 Å². The van der Waals surface area contributed by atoms with Gasteiger partial charge in [0, 0.05) is 44.0 Å². The summed E-state index contributed by atoms with van der Waals surface area (Å²) in [4.78, 5) is 79.9. The Labute approximate surface area is 257 Å². The molecule has 0 radical (unpaired) electrons. The Balaban J connectivity index is 2.26. The van der Waals surface area contributed by atoms with Gasteiger partial charge in [-0.15, -0.1) is 0 Å². The van der Waals surface area contributed by atoms with E-state index in [9.17, 15) is 28.8 Å². The number of aromatic nitrogens is 1. The molecule has 0 bridgehead atoms. The Bertz CT molecular complexity index is 1290. The van der Waals surface area contributed by atoms with Gasteiger partial charge in [0.05, 0.1) is 12.8 Å². The van der Waals surface area contributed by atoms with Crippen LogP contribution in [0.4, 0.5) is 0 Å². The molecule has 242 valence electrons. The first-order valence-corrected chi connectivity index (χ1v) is 15.1. The summed E-state index contributed by atoms with van der Waals surface area (Å²) in [6, 6.07) is 3.48. The lowest BCUT2D eigenvalue weighted by Gasteiger charge is -2.29. The Morgan fingerprint density at radius 2 is 1.50 bits per heavy atom. The van der Waals surface area contributed by atoms with Gasteiger partial charge >= 0.3 is 5.97 Å². The van der Waals surface area contributed by atoms with Crippen LogP contribution in [0.15, 0.2) is 30.5 Å². The maximum Gasteiger partial charge on any atom is 0.305 e. The van der Waals surface area contributed by atoms with Crippen molar-refractivity contribution in [3.05, 3.63) is 36.0 Å². The zero-order chi connectivity index (χ0) is 32.6. The van der Waals surface area contributed by atoms with E-state index in [-0.39, 0.29) is 18.7 Å². The summed E-state index contributed by atoms with van der Waals surface area (Å²) in [5.74, 6) is -4.92. The molecule has 44 heavy (non-hydrogen) atoms. The van der Waals surface area contributed by atoms with E-state index in [1.54, 1.807) is 6.20 Å². The third kappa shape index (κ3) is 11.3. The number of unbranched alkanes of at least 4 members (excludes halogenated alkanes) is 6. The monoisotopic (exact) mass is 614 g/mol. The van der Waals surface area contributed by atoms with Gasteiger partial charge in [0.1, 0.15) is 18.1 Å². The van der Waals surface area contributed by atoms with Gasteiger partial charge in [-0.2, -0.15) is 0 Å². The summed E-state index contributed by atoms with van der Waals surface area (Å²) in [5.41, 5.74) is 6.98. The highest BCUT2D eigenvalue weighted by Crippen LogP contribution is 2.21. The predicted molar refractivity (Wildman–Crippen MR) is 165 cm³/mol. The molecule has 2 aromatic rings. The summed E-state index contributed by atoms with van der Waals surface area (Å²) in [6.45, 7) is 2.15. The third-order valence-electron chi connectivity index (χ3n) is 7.54. The van der Waals surface area contributed by atoms with E-state index in [4.69, 9.17) is 10.8 Å². The normalized spacial score (nSPS) is 13.0. The second kappa shape index (κ2) is 18.3. The highest BCUT2D eigenvalue weighted by molar-refractivity contribution is 5.97. The van der Waals surface area contributed by atoms with E-state index in [1.807, 2.05) is 24.3 Å². The van der Waals surface area contributed by atoms with Crippen LogP contribution in [0.2, 0.25) is 0 Å². The first-order chi connectivity index (χ1) is 21.0. The summed E-state index contributed by atoms with van der Waals surface area (Å²) in [6.07, 6.45) is 8.00. The number of para-hydroxylation sites is 1. The number of carbonyl (C=O) groups is 6. The lowest BCUT2D eigenvalue weighted by molar-refractivity contribution is -0.142. The van der Waals surface area contributed by atoms with Gasteiger partial charge in [0.2, 0.25) is 29.5 Å². The van der Waals surface area contributed by atoms with Gasteiger partial charge in [0.25, 0.3) is 0 Å². The van der Waals surface area contributed by atoms with Gasteiger partial charge in [-0.3, -0.25) is 28.8 Å². The summed E-state index contributed by atoms with van der Waals surface area (Å²) >= 11 is 0. The highest BCUT2D eigenvalue weighted by atomic mass is 16.4. The number of aliphatic carboxylic acids is 1. The van der Waals surface area contributed by atoms with Crippen molar-refractivity contribution < 1.29 is 33.9 Å². The molecule has 5 amide bonds. The van der Waals surface area contributed by atoms with Crippen LogP contribution in [-0.2, 0) is 35.2 Å². The third-order valence-corrected chi connectivity index (χ3v) is 7.54. The van der Waals surface area contributed by atoms with Crippen LogP contribution in [0, 0.1) is 0 Å². The van der Waals surface area contributed by atoms with Crippen molar-refractivity contribution in [2.75, 3.05) is 14.1 Å². The minimum Gasteiger partial charge on any atom is -0.481 e. The number of aromatic amines is 1. The van der Waals surface area contributed by atoms with E-state index >= 15 is 0 Å². The lowest BCUT2D eigenvalue weighted by atomic mass is 10.0. The highest BCUT2D eigenvalue weighted by Gasteiger charge is 2.33. The number of hydrogen-bond acceptors (Lipinski definition) is 6. The molecule has 3 unspecified atom stereocenters. The maximum atomic E-state index is 13.8. The van der Waals surface area contributed by atoms with Crippen LogP contribution in [-0.4, -0.2) is 82.7 Å². The van der Waals surface area contributed by atoms with E-state index in [2.05, 4.69) is 27.9 Å². The van der Waals surface area contributed by atoms with Crippen LogP contribution < -0.4 is 21.7 Å². The average Bonchev–Trinajstić information content (AvgIpc) is 3.40. The van der Waals surface area contributed by atoms with E-state index in [1.165, 1.54) is 25.4 Å². The SMILES string of the molecule is CCCCCCCCCC(=O)N(C)C(Cc1c[nH]c2ccccc12)C(=O)NC(CC(N)=O)C(=O)NC(CC(=O)O)C(=O)NC. The number of fused-ring (bicyclic) bond motifs is 1. The van der Waals surface area contributed by atoms with Crippen LogP contribution >= 0.6 is 0 Å². The molecule has 0 fully saturated rings. The van der Waals surface area contributed by atoms with Crippen molar-refractivity contribution in [2.45, 2.75) is 95.7 Å². The quantitative estimate of drug-likeness (QED) is 0.122. The van der Waals surface area contributed by atoms with E-state index in [0.717, 1.165) is 48.6 Å². The molecule has 0 aliphatic heterocycles. The minimum absolute atomic E-state index is 0.111. The fourth-order valence-electron chi connectivity index (χ4n) is 5.01. The largest absolute Gasteiger partial charge is 0.481 e. The Morgan fingerprint density at radius 3 is 2.14 bits per heavy atom. The Morgan fingerprint density at radius 1 is 0.886 bits per heavy atom. The zero-order valence-electron chi connectivity index (χ0n) is 25.8. The molecule has 0 spiro atoms. The molecule has 1 heterocycles. The molecule has 2 rings (SSSR count). The second-order valence-corrected chi connectivity index (χ2v) is 11.0. The molecule has 7 N–H and O–H groups in total. The zero-order valence-corrected chi connectivity index (χ0v) is 25.8. The van der Waals surface area contributed by atoms with Crippen molar-refractivity contribution in [3.8, 4) is 0 Å². The van der Waals surface area contributed by atoms with Gasteiger partial charge in [-0.1, -0.05) is 63.6 Å². The summed E-state index contributed by atoms with van der Waals surface area (Å²) in [7, 11) is 2.81. The number of rotatable bonds is 20. The molecule has 0 saturated carbocycles. The maximum absolute atomic E-state index is 13.8. The Hall–Kier alpha value is -4.42. The number of nitrogens with two attached hydrogens (primary N) is 1. The fourth-order valence-corrected chi connectivity index (χ4v) is 5.01. The number of H-pyrrole nitrogens is 1. The van der Waals surface area contributed by atoms with Crippen molar-refractivity contribution in [1.82, 2.24) is 25.8 Å². The number of carboxylic acid groups (broad SMARTS) is 1. The number of benzene rings is 1. The van der Waals surface area contributed by atoms with Crippen molar-refractivity contribution in [3.63, 3.8) is 0 Å². The summed E-state index contributed by atoms with van der Waals surface area (Å²) in [5, 5.41) is 17.1. The lowest BCUT2D eigenvalue weighted by Crippen LogP contribution is -2.58. The summed E-state index contributed by atoms with van der Waals surface area (Å²) < 4.78 is 0. The molecular weight excluding hydrogens is 568 g/mol. The van der Waals surface area contributed by atoms with Gasteiger partial charge in [0.15, 0.2) is 0 Å². The van der Waals surface area contributed by atoms with Gasteiger partial charge in [-0.05, 0) is 18.1 Å². The number of likely N-dealkylation sites (N-methyl/N-ethyl adjacent to an activating group) is 2. The average molecular weight is 615 g/mol. The molecule has 13 nitrogen and oxygen atoms in total. The van der Waals surface area contributed by atoms with Crippen LogP contribution in [0.5, 0.6) is 0 Å². The van der Waals surface area contributed by atoms with Crippen LogP contribution in [0.1, 0.15) is 76.7 Å². The molecule has 0 aliphatic carbocycles. The number of amides is 5. The molecule has 3 atom stereocenters. The molecule has 1 aromatic carbocycles. The van der Waals surface area contributed by atoms with Crippen molar-refractivity contribution >= 4 is 46.4 Å². The number of nitrogens with zero attached hydrogens (tertiary/aromatic N) is 1. The first kappa shape index (κ1) is 35.8. The number of carbonyl (C=O) groups excluding carboxylic acids is 5. The van der Waals surface area contributed by atoms with Crippen LogP contribution in [0.25, 0.3) is 10.9 Å². The predicted octanol–water partition coefficient (Wildman–Crippen LogP) is 1.74. The second-order valence-electron chi connectivity index (χ2n) is 11.0. The standard InChI is InChI=1S/C31H46N6O7/c1-4-5-6-7-8-9-10-15-27(39)37(3)25(16-20-19-34-22-14-12-11-13-21(20)22)31(44)36-23(17-26(32)38)30(43)35-24(18-28(40)41)29(42)33-2/h11-14,19,23-25,34H,4-10,15-18H2,1-3H3,(H2,32,38)(H,33,42)(H,35,43)(H,36,44)(H,40,41). The van der Waals surface area contributed by atoms with Gasteiger partial charge in [-0.25, -0.2) is 0 Å². The van der Waals surface area contributed by atoms with E-state index in [0.29, 0.717) is 6.42 Å². The smallest absolute Gasteiger partial charge is 0.305 e. The van der Waals surface area contributed by atoms with E-state index < -0.39 is 60.6 Å². The number of carboxylic acids is 1. The topological polar surface area (TPSA) is 204 Å². The fraction of sp³-hybridized carbons (Fsp3) is 0.548. The van der Waals surface area contributed by atoms with Crippen molar-refractivity contribution in [1.29, 1.82) is 0 Å². The Kier molecular flexibility index (Phi) is 14.9. The van der Waals surface area contributed by atoms with Crippen LogP contribution in [0.3, 0.4) is 0 Å². The minimum atomic E-state index is -1.52. The number of primary amides is 1. The molecule has 13 heteroatoms. The molecule has 0 aliphatic rings. The van der Waals surface area contributed by atoms with Crippen molar-refractivity contribution in [2.24, 2.45) is 5.73 Å². The molecule has 0 saturated heterocycles. The molecular formula is C31H46N6O7.